The maximum atomic E-state index is 14.5. The molecule has 4 rings (SSSR count). The number of carbonyl (C=O) groups is 1. The third kappa shape index (κ3) is 4.45. The van der Waals surface area contributed by atoms with Crippen LogP contribution in [-0.2, 0) is 4.79 Å². The molecule has 5 nitrogen and oxygen atoms in total. The van der Waals surface area contributed by atoms with Gasteiger partial charge in [-0.25, -0.2) is 13.8 Å². The molecule has 1 aromatic heterocycles. The zero-order valence-corrected chi connectivity index (χ0v) is 17.4. The molecule has 0 saturated heterocycles. The van der Waals surface area contributed by atoms with Crippen LogP contribution in [0.25, 0.3) is 16.6 Å². The first-order chi connectivity index (χ1) is 14.9. The summed E-state index contributed by atoms with van der Waals surface area (Å²) >= 11 is 6.71. The quantitative estimate of drug-likeness (QED) is 0.336. The summed E-state index contributed by atoms with van der Waals surface area (Å²) in [5.74, 6) is -1.72. The Labute approximate surface area is 184 Å². The SMILES string of the molecule is O=C(CSc1nc2ccccc2c(=O)n1-c1ccccc1F)Nc1ccc(F)c(Cl)c1. The molecular weight excluding hydrogens is 444 g/mol. The number of anilines is 1. The number of halogens is 3. The number of hydrogen-bond acceptors (Lipinski definition) is 4. The number of nitrogens with one attached hydrogen (secondary N) is 1. The molecule has 0 aliphatic rings. The Morgan fingerprint density at radius 1 is 1.03 bits per heavy atom. The fraction of sp³-hybridized carbons (Fsp3) is 0.0455. The van der Waals surface area contributed by atoms with Crippen LogP contribution in [0, 0.1) is 11.6 Å². The third-order valence-electron chi connectivity index (χ3n) is 4.37. The predicted octanol–water partition coefficient (Wildman–Crippen LogP) is 5.05. The maximum absolute atomic E-state index is 14.5. The fourth-order valence-electron chi connectivity index (χ4n) is 2.96. The highest BCUT2D eigenvalue weighted by Crippen LogP contribution is 2.24. The van der Waals surface area contributed by atoms with Crippen molar-refractivity contribution in [3.63, 3.8) is 0 Å². The molecule has 0 atom stereocenters. The van der Waals surface area contributed by atoms with Crippen molar-refractivity contribution in [2.24, 2.45) is 0 Å². The highest BCUT2D eigenvalue weighted by molar-refractivity contribution is 7.99. The molecule has 31 heavy (non-hydrogen) atoms. The lowest BCUT2D eigenvalue weighted by Gasteiger charge is -2.14. The summed E-state index contributed by atoms with van der Waals surface area (Å²) in [5.41, 5.74) is 0.367. The number of thioether (sulfide) groups is 1. The van der Waals surface area contributed by atoms with Gasteiger partial charge < -0.3 is 5.32 Å². The van der Waals surface area contributed by atoms with Crippen LogP contribution < -0.4 is 10.9 Å². The molecule has 0 unspecified atom stereocenters. The molecule has 1 heterocycles. The molecular formula is C22H14ClF2N3O2S. The summed E-state index contributed by atoms with van der Waals surface area (Å²) in [5, 5.41) is 2.99. The number of rotatable bonds is 5. The molecule has 3 aromatic carbocycles. The van der Waals surface area contributed by atoms with Gasteiger partial charge in [0.25, 0.3) is 5.56 Å². The molecule has 0 fully saturated rings. The molecule has 4 aromatic rings. The smallest absolute Gasteiger partial charge is 0.266 e. The summed E-state index contributed by atoms with van der Waals surface area (Å²) in [4.78, 5) is 30.0. The molecule has 9 heteroatoms. The van der Waals surface area contributed by atoms with E-state index in [-0.39, 0.29) is 21.6 Å². The second kappa shape index (κ2) is 8.87. The van der Waals surface area contributed by atoms with Crippen LogP contribution in [0.15, 0.2) is 76.7 Å². The van der Waals surface area contributed by atoms with Crippen molar-refractivity contribution in [2.45, 2.75) is 5.16 Å². The standard InChI is InChI=1S/C22H14ClF2N3O2S/c23-15-11-13(9-10-16(15)24)26-20(29)12-31-22-27-18-7-3-1-5-14(18)21(30)28(22)19-8-4-2-6-17(19)25/h1-11H,12H2,(H,26,29). The first-order valence-electron chi connectivity index (χ1n) is 9.08. The molecule has 0 radical (unpaired) electrons. The Kier molecular flexibility index (Phi) is 6.01. The number of para-hydroxylation sites is 2. The molecule has 1 amide bonds. The molecule has 1 N–H and O–H groups in total. The molecule has 0 aliphatic carbocycles. The number of fused-ring (bicyclic) bond motifs is 1. The summed E-state index contributed by atoms with van der Waals surface area (Å²) in [6.45, 7) is 0. The van der Waals surface area contributed by atoms with E-state index in [1.807, 2.05) is 0 Å². The zero-order valence-electron chi connectivity index (χ0n) is 15.8. The van der Waals surface area contributed by atoms with Gasteiger partial charge in [0.15, 0.2) is 5.16 Å². The van der Waals surface area contributed by atoms with E-state index in [1.165, 1.54) is 30.3 Å². The Morgan fingerprint density at radius 2 is 1.77 bits per heavy atom. The monoisotopic (exact) mass is 457 g/mol. The van der Waals surface area contributed by atoms with Gasteiger partial charge >= 0.3 is 0 Å². The largest absolute Gasteiger partial charge is 0.325 e. The second-order valence-corrected chi connectivity index (χ2v) is 7.82. The number of carbonyl (C=O) groups excluding carboxylic acids is 1. The highest BCUT2D eigenvalue weighted by Gasteiger charge is 2.17. The van der Waals surface area contributed by atoms with Crippen LogP contribution in [0.3, 0.4) is 0 Å². The zero-order chi connectivity index (χ0) is 22.0. The van der Waals surface area contributed by atoms with Gasteiger partial charge in [-0.3, -0.25) is 14.2 Å². The molecule has 0 bridgehead atoms. The van der Waals surface area contributed by atoms with Crippen molar-refractivity contribution in [1.82, 2.24) is 9.55 Å². The number of benzene rings is 3. The number of amides is 1. The average molecular weight is 458 g/mol. The van der Waals surface area contributed by atoms with Crippen LogP contribution >= 0.6 is 23.4 Å². The van der Waals surface area contributed by atoms with E-state index in [9.17, 15) is 18.4 Å². The van der Waals surface area contributed by atoms with Crippen LogP contribution in [0.4, 0.5) is 14.5 Å². The van der Waals surface area contributed by atoms with E-state index in [0.29, 0.717) is 16.6 Å². The van der Waals surface area contributed by atoms with Crippen molar-refractivity contribution >= 4 is 45.9 Å². The van der Waals surface area contributed by atoms with Gasteiger partial charge in [-0.15, -0.1) is 0 Å². The van der Waals surface area contributed by atoms with Crippen LogP contribution in [-0.4, -0.2) is 21.2 Å². The van der Waals surface area contributed by atoms with Crippen molar-refractivity contribution in [3.05, 3.63) is 93.7 Å². The first kappa shape index (κ1) is 21.0. The van der Waals surface area contributed by atoms with E-state index in [4.69, 9.17) is 11.6 Å². The predicted molar refractivity (Wildman–Crippen MR) is 118 cm³/mol. The summed E-state index contributed by atoms with van der Waals surface area (Å²) in [6.07, 6.45) is 0. The van der Waals surface area contributed by atoms with E-state index in [1.54, 1.807) is 30.3 Å². The second-order valence-electron chi connectivity index (χ2n) is 6.47. The lowest BCUT2D eigenvalue weighted by molar-refractivity contribution is -0.113. The maximum Gasteiger partial charge on any atom is 0.266 e. The molecule has 0 aliphatic heterocycles. The summed E-state index contributed by atoms with van der Waals surface area (Å²) < 4.78 is 28.9. The lowest BCUT2D eigenvalue weighted by Crippen LogP contribution is -2.23. The van der Waals surface area contributed by atoms with Crippen LogP contribution in [0.2, 0.25) is 5.02 Å². The van der Waals surface area contributed by atoms with Crippen molar-refractivity contribution < 1.29 is 13.6 Å². The minimum Gasteiger partial charge on any atom is -0.325 e. The number of aromatic nitrogens is 2. The topological polar surface area (TPSA) is 64.0 Å². The van der Waals surface area contributed by atoms with Gasteiger partial charge in [-0.1, -0.05) is 47.6 Å². The molecule has 0 saturated carbocycles. The lowest BCUT2D eigenvalue weighted by atomic mass is 10.2. The number of hydrogen-bond donors (Lipinski definition) is 1. The Balaban J connectivity index is 1.67. The minimum atomic E-state index is -0.594. The van der Waals surface area contributed by atoms with E-state index in [2.05, 4.69) is 10.3 Å². The van der Waals surface area contributed by atoms with Gasteiger partial charge in [0.1, 0.15) is 11.6 Å². The van der Waals surface area contributed by atoms with Crippen molar-refractivity contribution in [2.75, 3.05) is 11.1 Å². The van der Waals surface area contributed by atoms with E-state index in [0.717, 1.165) is 22.4 Å². The van der Waals surface area contributed by atoms with Gasteiger partial charge in [-0.05, 0) is 42.5 Å². The Hall–Kier alpha value is -3.23. The van der Waals surface area contributed by atoms with Crippen LogP contribution in [0.5, 0.6) is 0 Å². The Morgan fingerprint density at radius 3 is 2.55 bits per heavy atom. The minimum absolute atomic E-state index is 0.0407. The molecule has 156 valence electrons. The van der Waals surface area contributed by atoms with Gasteiger partial charge in [0.2, 0.25) is 5.91 Å². The van der Waals surface area contributed by atoms with Crippen LogP contribution in [0.1, 0.15) is 0 Å². The van der Waals surface area contributed by atoms with Gasteiger partial charge in [0, 0.05) is 5.69 Å². The summed E-state index contributed by atoms with van der Waals surface area (Å²) in [6, 6.07) is 16.4. The summed E-state index contributed by atoms with van der Waals surface area (Å²) in [7, 11) is 0. The van der Waals surface area contributed by atoms with E-state index >= 15 is 0 Å². The normalized spacial score (nSPS) is 10.9. The van der Waals surface area contributed by atoms with Crippen molar-refractivity contribution in [1.29, 1.82) is 0 Å². The van der Waals surface area contributed by atoms with Gasteiger partial charge in [-0.2, -0.15) is 0 Å². The Bertz CT molecular complexity index is 1360. The highest BCUT2D eigenvalue weighted by atomic mass is 35.5. The number of nitrogens with zero attached hydrogens (tertiary/aromatic N) is 2. The van der Waals surface area contributed by atoms with E-state index < -0.39 is 23.1 Å². The third-order valence-corrected chi connectivity index (χ3v) is 5.60. The van der Waals surface area contributed by atoms with Gasteiger partial charge in [0.05, 0.1) is 27.4 Å². The molecule has 0 spiro atoms. The average Bonchev–Trinajstić information content (AvgIpc) is 2.76. The van der Waals surface area contributed by atoms with Crippen molar-refractivity contribution in [3.8, 4) is 5.69 Å². The first-order valence-corrected chi connectivity index (χ1v) is 10.4. The fourth-order valence-corrected chi connectivity index (χ4v) is 3.94.